The summed E-state index contributed by atoms with van der Waals surface area (Å²) < 4.78 is 40.4. The Labute approximate surface area is 126 Å². The Balaban J connectivity index is 2.27. The summed E-state index contributed by atoms with van der Waals surface area (Å²) in [6.07, 6.45) is -2.28. The number of carboxylic acids is 1. The summed E-state index contributed by atoms with van der Waals surface area (Å²) in [7, 11) is 0. The molecule has 9 heteroatoms. The van der Waals surface area contributed by atoms with Crippen LogP contribution in [0.5, 0.6) is 0 Å². The lowest BCUT2D eigenvalue weighted by Gasteiger charge is -2.11. The molecule has 1 aromatic carbocycles. The van der Waals surface area contributed by atoms with Gasteiger partial charge in [-0.2, -0.15) is 17.7 Å². The monoisotopic (exact) mass is 323 g/mol. The number of hydrogen-bond donors (Lipinski definition) is 1. The number of fused-ring (bicyclic) bond motifs is 1. The lowest BCUT2D eigenvalue weighted by Crippen LogP contribution is -2.26. The van der Waals surface area contributed by atoms with Gasteiger partial charge < -0.3 is 5.11 Å². The van der Waals surface area contributed by atoms with Crippen LogP contribution in [0.1, 0.15) is 15.9 Å². The van der Waals surface area contributed by atoms with Crippen molar-refractivity contribution in [3.63, 3.8) is 0 Å². The molecule has 3 aromatic rings. The van der Waals surface area contributed by atoms with Gasteiger partial charge in [-0.05, 0) is 18.2 Å². The van der Waals surface area contributed by atoms with Gasteiger partial charge in [0.15, 0.2) is 5.65 Å². The third-order valence-corrected chi connectivity index (χ3v) is 3.21. The maximum atomic E-state index is 12.8. The molecule has 0 fully saturated rings. The first-order valence-electron chi connectivity index (χ1n) is 6.29. The van der Waals surface area contributed by atoms with Gasteiger partial charge in [-0.1, -0.05) is 6.07 Å². The summed E-state index contributed by atoms with van der Waals surface area (Å²) >= 11 is 0. The van der Waals surface area contributed by atoms with Gasteiger partial charge in [0, 0.05) is 18.5 Å². The highest BCUT2D eigenvalue weighted by Gasteiger charge is 2.30. The van der Waals surface area contributed by atoms with E-state index in [1.54, 1.807) is 0 Å². The Bertz CT molecular complexity index is 973. The first-order chi connectivity index (χ1) is 10.8. The topological polar surface area (TPSA) is 76.6 Å². The van der Waals surface area contributed by atoms with Crippen molar-refractivity contribution >= 4 is 11.6 Å². The summed E-state index contributed by atoms with van der Waals surface area (Å²) in [5.74, 6) is -1.46. The van der Waals surface area contributed by atoms with Crippen LogP contribution < -0.4 is 5.56 Å². The van der Waals surface area contributed by atoms with Crippen molar-refractivity contribution in [1.82, 2.24) is 14.2 Å². The molecule has 2 aromatic heterocycles. The SMILES string of the molecule is O=C(O)c1cnc2ccn(-c3cccc(C(F)(F)F)c3)n2c1=O. The molecule has 1 N–H and O–H groups in total. The van der Waals surface area contributed by atoms with Gasteiger partial charge in [-0.3, -0.25) is 9.48 Å². The average molecular weight is 323 g/mol. The number of benzene rings is 1. The highest BCUT2D eigenvalue weighted by atomic mass is 19.4. The lowest BCUT2D eigenvalue weighted by atomic mass is 10.2. The number of carboxylic acid groups (broad SMARTS) is 1. The molecule has 0 aliphatic rings. The van der Waals surface area contributed by atoms with E-state index in [1.165, 1.54) is 24.4 Å². The van der Waals surface area contributed by atoms with Crippen LogP contribution in [0.25, 0.3) is 11.3 Å². The van der Waals surface area contributed by atoms with Gasteiger partial charge in [-0.15, -0.1) is 0 Å². The first kappa shape index (κ1) is 14.8. The fourth-order valence-corrected chi connectivity index (χ4v) is 2.16. The van der Waals surface area contributed by atoms with Gasteiger partial charge in [0.1, 0.15) is 5.56 Å². The van der Waals surface area contributed by atoms with E-state index in [0.29, 0.717) is 0 Å². The number of rotatable bonds is 2. The predicted molar refractivity (Wildman–Crippen MR) is 72.8 cm³/mol. The number of aromatic carboxylic acids is 1. The van der Waals surface area contributed by atoms with Gasteiger partial charge in [0.2, 0.25) is 0 Å². The second kappa shape index (κ2) is 4.97. The van der Waals surface area contributed by atoms with E-state index in [-0.39, 0.29) is 11.3 Å². The molecule has 0 amide bonds. The Morgan fingerprint density at radius 1 is 1.22 bits per heavy atom. The van der Waals surface area contributed by atoms with Crippen molar-refractivity contribution in [2.24, 2.45) is 0 Å². The molecule has 0 saturated carbocycles. The Morgan fingerprint density at radius 3 is 2.61 bits per heavy atom. The largest absolute Gasteiger partial charge is 0.477 e. The van der Waals surface area contributed by atoms with Crippen molar-refractivity contribution in [3.05, 3.63) is 64.2 Å². The lowest BCUT2D eigenvalue weighted by molar-refractivity contribution is -0.137. The van der Waals surface area contributed by atoms with Crippen LogP contribution in [0, 0.1) is 0 Å². The molecule has 0 saturated heterocycles. The highest BCUT2D eigenvalue weighted by Crippen LogP contribution is 2.30. The van der Waals surface area contributed by atoms with E-state index in [9.17, 15) is 22.8 Å². The minimum absolute atomic E-state index is 0.0567. The van der Waals surface area contributed by atoms with Crippen LogP contribution in [0.4, 0.5) is 13.2 Å². The van der Waals surface area contributed by atoms with E-state index in [0.717, 1.165) is 27.5 Å². The summed E-state index contributed by atoms with van der Waals surface area (Å²) in [6.45, 7) is 0. The maximum Gasteiger partial charge on any atom is 0.416 e. The molecule has 2 heterocycles. The van der Waals surface area contributed by atoms with E-state index in [1.807, 2.05) is 0 Å². The Kier molecular flexibility index (Phi) is 3.20. The van der Waals surface area contributed by atoms with Crippen LogP contribution >= 0.6 is 0 Å². The summed E-state index contributed by atoms with van der Waals surface area (Å²) in [5, 5.41) is 8.96. The molecular formula is C14H8F3N3O3. The Hall–Kier alpha value is -3.10. The average Bonchev–Trinajstić information content (AvgIpc) is 2.91. The van der Waals surface area contributed by atoms with Crippen LogP contribution in [0.2, 0.25) is 0 Å². The van der Waals surface area contributed by atoms with E-state index < -0.39 is 28.8 Å². The molecule has 0 unspecified atom stereocenters. The standard InChI is InChI=1S/C14H8F3N3O3/c15-14(16,17)8-2-1-3-9(6-8)19-5-4-11-18-7-10(13(22)23)12(21)20(11)19/h1-7H,(H,22,23). The van der Waals surface area contributed by atoms with Crippen molar-refractivity contribution in [3.8, 4) is 5.69 Å². The zero-order chi connectivity index (χ0) is 16.8. The number of aromatic nitrogens is 3. The minimum Gasteiger partial charge on any atom is -0.477 e. The van der Waals surface area contributed by atoms with Crippen LogP contribution in [0.3, 0.4) is 0 Å². The van der Waals surface area contributed by atoms with Gasteiger partial charge in [0.05, 0.1) is 11.3 Å². The highest BCUT2D eigenvalue weighted by molar-refractivity contribution is 5.86. The molecule has 23 heavy (non-hydrogen) atoms. The number of alkyl halides is 3. The molecule has 3 rings (SSSR count). The molecule has 0 spiro atoms. The number of hydrogen-bond acceptors (Lipinski definition) is 3. The molecule has 0 radical (unpaired) electrons. The summed E-state index contributed by atoms with van der Waals surface area (Å²) in [6, 6.07) is 5.73. The van der Waals surface area contributed by atoms with Crippen molar-refractivity contribution in [2.75, 3.05) is 0 Å². The van der Waals surface area contributed by atoms with E-state index in [4.69, 9.17) is 5.11 Å². The molecule has 6 nitrogen and oxygen atoms in total. The van der Waals surface area contributed by atoms with Crippen molar-refractivity contribution in [1.29, 1.82) is 0 Å². The summed E-state index contributed by atoms with van der Waals surface area (Å²) in [5.41, 5.74) is -2.16. The van der Waals surface area contributed by atoms with Crippen LogP contribution in [-0.4, -0.2) is 25.3 Å². The zero-order valence-corrected chi connectivity index (χ0v) is 11.3. The normalized spacial score (nSPS) is 11.8. The van der Waals surface area contributed by atoms with Crippen molar-refractivity contribution < 1.29 is 23.1 Å². The second-order valence-electron chi connectivity index (χ2n) is 4.66. The van der Waals surface area contributed by atoms with Gasteiger partial charge in [-0.25, -0.2) is 9.78 Å². The smallest absolute Gasteiger partial charge is 0.416 e. The van der Waals surface area contributed by atoms with Gasteiger partial charge >= 0.3 is 12.1 Å². The molecule has 0 aliphatic carbocycles. The van der Waals surface area contributed by atoms with Crippen LogP contribution in [0.15, 0.2) is 47.5 Å². The number of carbonyl (C=O) groups is 1. The molecule has 0 atom stereocenters. The fourth-order valence-electron chi connectivity index (χ4n) is 2.16. The third-order valence-electron chi connectivity index (χ3n) is 3.21. The quantitative estimate of drug-likeness (QED) is 0.784. The van der Waals surface area contributed by atoms with E-state index >= 15 is 0 Å². The third kappa shape index (κ3) is 2.45. The molecular weight excluding hydrogens is 315 g/mol. The fraction of sp³-hybridized carbons (Fsp3) is 0.0714. The zero-order valence-electron chi connectivity index (χ0n) is 11.3. The summed E-state index contributed by atoms with van der Waals surface area (Å²) in [4.78, 5) is 27.0. The van der Waals surface area contributed by atoms with Crippen LogP contribution in [-0.2, 0) is 6.18 Å². The molecule has 0 bridgehead atoms. The van der Waals surface area contributed by atoms with E-state index in [2.05, 4.69) is 4.98 Å². The molecule has 118 valence electrons. The number of nitrogens with zero attached hydrogens (tertiary/aromatic N) is 3. The Morgan fingerprint density at radius 2 is 1.96 bits per heavy atom. The van der Waals surface area contributed by atoms with Gasteiger partial charge in [0.25, 0.3) is 5.56 Å². The second-order valence-corrected chi connectivity index (χ2v) is 4.66. The number of halogens is 3. The minimum atomic E-state index is -4.53. The first-order valence-corrected chi connectivity index (χ1v) is 6.29. The predicted octanol–water partition coefficient (Wildman–Crippen LogP) is 2.20. The molecule has 0 aliphatic heterocycles. The van der Waals surface area contributed by atoms with Crippen molar-refractivity contribution in [2.45, 2.75) is 6.18 Å². The maximum absolute atomic E-state index is 12.8.